The number of benzene rings is 1. The van der Waals surface area contributed by atoms with Crippen molar-refractivity contribution in [2.75, 3.05) is 0 Å². The molecule has 0 spiro atoms. The van der Waals surface area contributed by atoms with E-state index < -0.39 is 11.0 Å². The van der Waals surface area contributed by atoms with Crippen molar-refractivity contribution in [2.24, 2.45) is 5.92 Å². The molecule has 0 heterocycles. The highest BCUT2D eigenvalue weighted by Crippen LogP contribution is 2.44. The fourth-order valence-corrected chi connectivity index (χ4v) is 2.18. The molecule has 0 saturated heterocycles. The predicted octanol–water partition coefficient (Wildman–Crippen LogP) is 2.63. The molecule has 0 atom stereocenters. The molecule has 0 amide bonds. The lowest BCUT2D eigenvalue weighted by Crippen LogP contribution is -2.44. The van der Waals surface area contributed by atoms with Gasteiger partial charge in [-0.05, 0) is 5.56 Å². The van der Waals surface area contributed by atoms with Crippen LogP contribution in [0.4, 0.5) is 0 Å². The van der Waals surface area contributed by atoms with E-state index in [0.29, 0.717) is 19.4 Å². The minimum absolute atomic E-state index is 0.353. The van der Waals surface area contributed by atoms with E-state index in [1.807, 2.05) is 30.3 Å². The number of alkyl halides is 1. The van der Waals surface area contributed by atoms with Gasteiger partial charge < -0.3 is 9.84 Å². The first kappa shape index (κ1) is 11.4. The zero-order valence-electron chi connectivity index (χ0n) is 8.73. The van der Waals surface area contributed by atoms with E-state index in [2.05, 4.69) is 0 Å². The van der Waals surface area contributed by atoms with Gasteiger partial charge in [0, 0.05) is 12.8 Å². The molecular formula is C12H13ClO3. The van der Waals surface area contributed by atoms with E-state index in [-0.39, 0.29) is 5.92 Å². The topological polar surface area (TPSA) is 46.5 Å². The monoisotopic (exact) mass is 240 g/mol. The minimum Gasteiger partial charge on any atom is -0.481 e. The van der Waals surface area contributed by atoms with Crippen molar-refractivity contribution in [2.45, 2.75) is 24.5 Å². The molecule has 0 bridgehead atoms. The largest absolute Gasteiger partial charge is 0.481 e. The number of aliphatic carboxylic acids is 1. The van der Waals surface area contributed by atoms with E-state index in [1.165, 1.54) is 0 Å². The molecule has 0 unspecified atom stereocenters. The summed E-state index contributed by atoms with van der Waals surface area (Å²) in [6.45, 7) is 0.427. The highest BCUT2D eigenvalue weighted by molar-refractivity contribution is 6.23. The van der Waals surface area contributed by atoms with Gasteiger partial charge in [-0.25, -0.2) is 0 Å². The van der Waals surface area contributed by atoms with Crippen LogP contribution in [0.3, 0.4) is 0 Å². The Hall–Kier alpha value is -1.06. The van der Waals surface area contributed by atoms with Crippen LogP contribution in [0.1, 0.15) is 18.4 Å². The second-order valence-electron chi connectivity index (χ2n) is 4.10. The third-order valence-corrected chi connectivity index (χ3v) is 3.21. The van der Waals surface area contributed by atoms with Crippen LogP contribution in [0, 0.1) is 5.92 Å². The predicted molar refractivity (Wildman–Crippen MR) is 60.2 cm³/mol. The first-order valence-corrected chi connectivity index (χ1v) is 5.56. The van der Waals surface area contributed by atoms with E-state index in [1.54, 1.807) is 0 Å². The Morgan fingerprint density at radius 2 is 2.06 bits per heavy atom. The molecule has 0 aliphatic heterocycles. The van der Waals surface area contributed by atoms with Crippen molar-refractivity contribution < 1.29 is 14.6 Å². The Balaban J connectivity index is 1.82. The molecule has 0 radical (unpaired) electrons. The number of hydrogen-bond acceptors (Lipinski definition) is 2. The molecule has 1 saturated carbocycles. The van der Waals surface area contributed by atoms with Crippen LogP contribution < -0.4 is 0 Å². The maximum Gasteiger partial charge on any atom is 0.306 e. The molecule has 1 aromatic carbocycles. The summed E-state index contributed by atoms with van der Waals surface area (Å²) in [4.78, 5) is 10.6. The van der Waals surface area contributed by atoms with Crippen LogP contribution in [0.15, 0.2) is 30.3 Å². The summed E-state index contributed by atoms with van der Waals surface area (Å²) >= 11 is 6.11. The summed E-state index contributed by atoms with van der Waals surface area (Å²) in [5.41, 5.74) is 1.04. The molecule has 86 valence electrons. The van der Waals surface area contributed by atoms with Gasteiger partial charge in [0.1, 0.15) is 5.06 Å². The van der Waals surface area contributed by atoms with Crippen molar-refractivity contribution in [1.82, 2.24) is 0 Å². The second kappa shape index (κ2) is 4.44. The summed E-state index contributed by atoms with van der Waals surface area (Å²) in [5, 5.41) is 7.96. The highest BCUT2D eigenvalue weighted by Gasteiger charge is 2.47. The molecule has 0 aromatic heterocycles. The van der Waals surface area contributed by atoms with Gasteiger partial charge in [0.2, 0.25) is 0 Å². The molecule has 3 nitrogen and oxygen atoms in total. The Kier molecular flexibility index (Phi) is 3.17. The van der Waals surface area contributed by atoms with Crippen molar-refractivity contribution in [3.63, 3.8) is 0 Å². The SMILES string of the molecule is O=C(O)C1CC(Cl)(OCc2ccccc2)C1. The fraction of sp³-hybridized carbons (Fsp3) is 0.417. The number of hydrogen-bond donors (Lipinski definition) is 1. The van der Waals surface area contributed by atoms with Crippen molar-refractivity contribution >= 4 is 17.6 Å². The number of rotatable bonds is 4. The minimum atomic E-state index is -0.792. The van der Waals surface area contributed by atoms with Gasteiger partial charge in [-0.15, -0.1) is 0 Å². The third kappa shape index (κ3) is 2.54. The molecule has 1 aliphatic carbocycles. The first-order valence-electron chi connectivity index (χ1n) is 5.19. The van der Waals surface area contributed by atoms with Crippen LogP contribution >= 0.6 is 11.6 Å². The molecule has 4 heteroatoms. The molecule has 1 fully saturated rings. The fourth-order valence-electron chi connectivity index (χ4n) is 1.76. The maximum absolute atomic E-state index is 10.6. The Labute approximate surface area is 99.0 Å². The van der Waals surface area contributed by atoms with Crippen LogP contribution in [0.25, 0.3) is 0 Å². The lowest BCUT2D eigenvalue weighted by molar-refractivity contribution is -0.155. The molecule has 1 aromatic rings. The van der Waals surface area contributed by atoms with Crippen LogP contribution in [-0.2, 0) is 16.1 Å². The lowest BCUT2D eigenvalue weighted by atomic mass is 9.81. The normalized spacial score (nSPS) is 28.4. The number of carboxylic acid groups (broad SMARTS) is 1. The average molecular weight is 241 g/mol. The highest BCUT2D eigenvalue weighted by atomic mass is 35.5. The van der Waals surface area contributed by atoms with Crippen molar-refractivity contribution in [3.8, 4) is 0 Å². The third-order valence-electron chi connectivity index (χ3n) is 2.79. The smallest absolute Gasteiger partial charge is 0.306 e. The standard InChI is InChI=1S/C12H13ClO3/c13-12(6-10(7-12)11(14)15)16-8-9-4-2-1-3-5-9/h1-5,10H,6-8H2,(H,14,15). The Morgan fingerprint density at radius 1 is 1.44 bits per heavy atom. The number of carboxylic acids is 1. The number of ether oxygens (including phenoxy) is 1. The first-order chi connectivity index (χ1) is 7.59. The van der Waals surface area contributed by atoms with E-state index in [0.717, 1.165) is 5.56 Å². The lowest BCUT2D eigenvalue weighted by Gasteiger charge is -2.40. The van der Waals surface area contributed by atoms with Gasteiger partial charge in [0.25, 0.3) is 0 Å². The van der Waals surface area contributed by atoms with Gasteiger partial charge in [0.05, 0.1) is 12.5 Å². The second-order valence-corrected chi connectivity index (χ2v) is 4.79. The molecular weight excluding hydrogens is 228 g/mol. The molecule has 1 aliphatic rings. The molecule has 1 N–H and O–H groups in total. The van der Waals surface area contributed by atoms with Crippen LogP contribution in [0.2, 0.25) is 0 Å². The van der Waals surface area contributed by atoms with Gasteiger partial charge in [0.15, 0.2) is 0 Å². The molecule has 16 heavy (non-hydrogen) atoms. The summed E-state index contributed by atoms with van der Waals surface area (Å²) in [6.07, 6.45) is 0.771. The number of halogens is 1. The van der Waals surface area contributed by atoms with Crippen molar-refractivity contribution in [3.05, 3.63) is 35.9 Å². The summed E-state index contributed by atoms with van der Waals surface area (Å²) in [6, 6.07) is 9.70. The summed E-state index contributed by atoms with van der Waals surface area (Å²) in [7, 11) is 0. The van der Waals surface area contributed by atoms with E-state index in [9.17, 15) is 4.79 Å². The van der Waals surface area contributed by atoms with Gasteiger partial charge >= 0.3 is 5.97 Å². The van der Waals surface area contributed by atoms with Crippen LogP contribution in [0.5, 0.6) is 0 Å². The van der Waals surface area contributed by atoms with Crippen LogP contribution in [-0.4, -0.2) is 16.1 Å². The average Bonchev–Trinajstić information content (AvgIpc) is 2.24. The van der Waals surface area contributed by atoms with E-state index in [4.69, 9.17) is 21.4 Å². The maximum atomic E-state index is 10.6. The number of carbonyl (C=O) groups is 1. The molecule has 2 rings (SSSR count). The van der Waals surface area contributed by atoms with Gasteiger partial charge in [-0.2, -0.15) is 0 Å². The zero-order valence-corrected chi connectivity index (χ0v) is 9.48. The summed E-state index contributed by atoms with van der Waals surface area (Å²) < 4.78 is 5.53. The van der Waals surface area contributed by atoms with Crippen molar-refractivity contribution in [1.29, 1.82) is 0 Å². The van der Waals surface area contributed by atoms with Gasteiger partial charge in [-0.1, -0.05) is 41.9 Å². The van der Waals surface area contributed by atoms with Gasteiger partial charge in [-0.3, -0.25) is 4.79 Å². The quantitative estimate of drug-likeness (QED) is 0.823. The summed E-state index contributed by atoms with van der Waals surface area (Å²) in [5.74, 6) is -1.15. The van der Waals surface area contributed by atoms with E-state index >= 15 is 0 Å². The zero-order chi connectivity index (χ0) is 11.6. The Bertz CT molecular complexity index is 371. The Morgan fingerprint density at radius 3 is 2.62 bits per heavy atom.